The standard InChI is InChI=1S/C36H33N3O4/c1-3-24-16-19-27(20-17-24)39-35(38-31-14-8-7-13-29(31)36(39)41)26-18-21-32(33(22-26)42-4-2)43-23-34(40)37-30-15-9-11-25-10-5-6-12-28(25)30/h5-22,35,38H,3-4,23H2,1-2H3,(H,37,40). The Morgan fingerprint density at radius 1 is 0.837 bits per heavy atom. The van der Waals surface area contributed by atoms with Crippen molar-refractivity contribution in [1.29, 1.82) is 0 Å². The SMILES string of the molecule is CCOc1cc(C2Nc3ccccc3C(=O)N2c2ccc(CC)cc2)ccc1OCC(=O)Nc1cccc2ccccc12. The van der Waals surface area contributed by atoms with E-state index in [1.54, 1.807) is 11.0 Å². The molecule has 1 aliphatic rings. The number of fused-ring (bicyclic) bond motifs is 2. The van der Waals surface area contributed by atoms with Crippen molar-refractivity contribution in [2.24, 2.45) is 0 Å². The van der Waals surface area contributed by atoms with Gasteiger partial charge in [0, 0.05) is 22.4 Å². The summed E-state index contributed by atoms with van der Waals surface area (Å²) in [4.78, 5) is 28.5. The monoisotopic (exact) mass is 571 g/mol. The molecule has 0 bridgehead atoms. The van der Waals surface area contributed by atoms with E-state index >= 15 is 0 Å². The minimum atomic E-state index is -0.488. The van der Waals surface area contributed by atoms with E-state index in [2.05, 4.69) is 17.6 Å². The number of carbonyl (C=O) groups is 2. The third-order valence-corrected chi connectivity index (χ3v) is 7.56. The fraction of sp³-hybridized carbons (Fsp3) is 0.167. The highest BCUT2D eigenvalue weighted by atomic mass is 16.5. The van der Waals surface area contributed by atoms with Crippen molar-refractivity contribution in [3.05, 3.63) is 126 Å². The van der Waals surface area contributed by atoms with E-state index in [9.17, 15) is 9.59 Å². The van der Waals surface area contributed by atoms with Crippen LogP contribution in [0.1, 0.15) is 41.5 Å². The minimum absolute atomic E-state index is 0.0907. The number of ether oxygens (including phenoxy) is 2. The number of anilines is 3. The van der Waals surface area contributed by atoms with Gasteiger partial charge in [0.2, 0.25) is 0 Å². The molecule has 0 spiro atoms. The number of carbonyl (C=O) groups excluding carboxylic acids is 2. The van der Waals surface area contributed by atoms with Gasteiger partial charge in [-0.05, 0) is 72.3 Å². The number of benzene rings is 5. The highest BCUT2D eigenvalue weighted by molar-refractivity contribution is 6.12. The molecule has 6 rings (SSSR count). The molecule has 0 aliphatic carbocycles. The summed E-state index contributed by atoms with van der Waals surface area (Å²) in [5.41, 5.74) is 4.91. The zero-order valence-electron chi connectivity index (χ0n) is 24.2. The van der Waals surface area contributed by atoms with Crippen LogP contribution in [0.5, 0.6) is 11.5 Å². The van der Waals surface area contributed by atoms with Gasteiger partial charge in [0.1, 0.15) is 6.17 Å². The summed E-state index contributed by atoms with van der Waals surface area (Å²) >= 11 is 0. The average Bonchev–Trinajstić information content (AvgIpc) is 3.04. The van der Waals surface area contributed by atoms with E-state index in [0.29, 0.717) is 23.7 Å². The zero-order chi connectivity index (χ0) is 29.8. The van der Waals surface area contributed by atoms with Crippen LogP contribution in [0.2, 0.25) is 0 Å². The first-order valence-corrected chi connectivity index (χ1v) is 14.5. The van der Waals surface area contributed by atoms with Gasteiger partial charge < -0.3 is 20.1 Å². The van der Waals surface area contributed by atoms with Gasteiger partial charge in [0.05, 0.1) is 12.2 Å². The molecule has 0 aromatic heterocycles. The Bertz CT molecular complexity index is 1780. The molecule has 7 nitrogen and oxygen atoms in total. The van der Waals surface area contributed by atoms with Crippen LogP contribution in [0, 0.1) is 0 Å². The van der Waals surface area contributed by atoms with Crippen LogP contribution in [0.15, 0.2) is 109 Å². The number of nitrogens with one attached hydrogen (secondary N) is 2. The van der Waals surface area contributed by atoms with E-state index in [4.69, 9.17) is 9.47 Å². The summed E-state index contributed by atoms with van der Waals surface area (Å²) < 4.78 is 11.9. The summed E-state index contributed by atoms with van der Waals surface area (Å²) in [6.07, 6.45) is 0.426. The van der Waals surface area contributed by atoms with Gasteiger partial charge in [-0.2, -0.15) is 0 Å². The van der Waals surface area contributed by atoms with Crippen LogP contribution in [0.3, 0.4) is 0 Å². The maximum atomic E-state index is 13.8. The van der Waals surface area contributed by atoms with Crippen LogP contribution >= 0.6 is 0 Å². The fourth-order valence-electron chi connectivity index (χ4n) is 5.39. The molecule has 7 heteroatoms. The number of nitrogens with zero attached hydrogens (tertiary/aromatic N) is 1. The molecule has 5 aromatic rings. The first-order valence-electron chi connectivity index (χ1n) is 14.5. The van der Waals surface area contributed by atoms with Gasteiger partial charge in [-0.1, -0.05) is 73.7 Å². The van der Waals surface area contributed by atoms with Gasteiger partial charge in [-0.25, -0.2) is 0 Å². The molecule has 0 saturated carbocycles. The molecule has 1 unspecified atom stereocenters. The van der Waals surface area contributed by atoms with Crippen molar-refractivity contribution < 1.29 is 19.1 Å². The van der Waals surface area contributed by atoms with E-state index < -0.39 is 6.17 Å². The predicted molar refractivity (Wildman–Crippen MR) is 171 cm³/mol. The number of rotatable bonds is 9. The average molecular weight is 572 g/mol. The van der Waals surface area contributed by atoms with Crippen LogP contribution in [0.4, 0.5) is 17.1 Å². The molecule has 2 amide bonds. The molecular weight excluding hydrogens is 538 g/mol. The summed E-state index contributed by atoms with van der Waals surface area (Å²) in [5, 5.41) is 8.51. The van der Waals surface area contributed by atoms with E-state index in [1.165, 1.54) is 5.56 Å². The lowest BCUT2D eigenvalue weighted by Crippen LogP contribution is -2.43. The van der Waals surface area contributed by atoms with Gasteiger partial charge in [0.15, 0.2) is 18.1 Å². The first kappa shape index (κ1) is 27.8. The Balaban J connectivity index is 1.26. The minimum Gasteiger partial charge on any atom is -0.490 e. The molecular formula is C36H33N3O4. The number of hydrogen-bond acceptors (Lipinski definition) is 5. The van der Waals surface area contributed by atoms with Crippen LogP contribution in [-0.4, -0.2) is 25.0 Å². The first-order chi connectivity index (χ1) is 21.1. The Morgan fingerprint density at radius 3 is 2.42 bits per heavy atom. The van der Waals surface area contributed by atoms with Gasteiger partial charge in [-0.3, -0.25) is 14.5 Å². The summed E-state index contributed by atoms with van der Waals surface area (Å²) in [7, 11) is 0. The van der Waals surface area contributed by atoms with Crippen LogP contribution < -0.4 is 25.0 Å². The highest BCUT2D eigenvalue weighted by Crippen LogP contribution is 2.39. The molecule has 0 fully saturated rings. The second-order valence-corrected chi connectivity index (χ2v) is 10.3. The Hall–Kier alpha value is -5.30. The second kappa shape index (κ2) is 12.3. The molecule has 0 saturated heterocycles. The summed E-state index contributed by atoms with van der Waals surface area (Å²) in [6.45, 7) is 4.22. The van der Waals surface area contributed by atoms with Crippen LogP contribution in [0.25, 0.3) is 10.8 Å². The molecule has 1 atom stereocenters. The number of hydrogen-bond donors (Lipinski definition) is 2. The molecule has 216 valence electrons. The quantitative estimate of drug-likeness (QED) is 0.191. The van der Waals surface area contributed by atoms with Crippen molar-refractivity contribution in [3.63, 3.8) is 0 Å². The maximum absolute atomic E-state index is 13.8. The number of amides is 2. The van der Waals surface area contributed by atoms with Gasteiger partial charge >= 0.3 is 0 Å². The summed E-state index contributed by atoms with van der Waals surface area (Å²) in [5.74, 6) is 0.570. The van der Waals surface area contributed by atoms with E-state index in [0.717, 1.165) is 39.8 Å². The van der Waals surface area contributed by atoms with Gasteiger partial charge in [-0.15, -0.1) is 0 Å². The summed E-state index contributed by atoms with van der Waals surface area (Å²) in [6, 6.07) is 34.8. The van der Waals surface area contributed by atoms with Crippen molar-refractivity contribution in [2.75, 3.05) is 28.7 Å². The number of para-hydroxylation sites is 1. The molecule has 1 heterocycles. The van der Waals surface area contributed by atoms with E-state index in [-0.39, 0.29) is 18.4 Å². The lowest BCUT2D eigenvalue weighted by molar-refractivity contribution is -0.118. The molecule has 5 aromatic carbocycles. The van der Waals surface area contributed by atoms with Crippen molar-refractivity contribution in [2.45, 2.75) is 26.4 Å². The largest absolute Gasteiger partial charge is 0.490 e. The number of aryl methyl sites for hydroxylation is 1. The molecule has 2 N–H and O–H groups in total. The smallest absolute Gasteiger partial charge is 0.262 e. The molecule has 0 radical (unpaired) electrons. The molecule has 43 heavy (non-hydrogen) atoms. The van der Waals surface area contributed by atoms with Crippen molar-refractivity contribution in [1.82, 2.24) is 0 Å². The Labute approximate surface area is 251 Å². The Kier molecular flexibility index (Phi) is 7.96. The third-order valence-electron chi connectivity index (χ3n) is 7.56. The fourth-order valence-corrected chi connectivity index (χ4v) is 5.39. The predicted octanol–water partition coefficient (Wildman–Crippen LogP) is 7.59. The van der Waals surface area contributed by atoms with E-state index in [1.807, 2.05) is 110 Å². The second-order valence-electron chi connectivity index (χ2n) is 10.3. The zero-order valence-corrected chi connectivity index (χ0v) is 24.2. The van der Waals surface area contributed by atoms with Crippen molar-refractivity contribution in [3.8, 4) is 11.5 Å². The molecule has 1 aliphatic heterocycles. The van der Waals surface area contributed by atoms with Crippen LogP contribution in [-0.2, 0) is 11.2 Å². The third kappa shape index (κ3) is 5.75. The highest BCUT2D eigenvalue weighted by Gasteiger charge is 2.34. The normalized spacial score (nSPS) is 14.1. The lowest BCUT2D eigenvalue weighted by Gasteiger charge is -2.38. The topological polar surface area (TPSA) is 79.9 Å². The maximum Gasteiger partial charge on any atom is 0.262 e. The van der Waals surface area contributed by atoms with Gasteiger partial charge in [0.25, 0.3) is 11.8 Å². The Morgan fingerprint density at radius 2 is 1.60 bits per heavy atom. The lowest BCUT2D eigenvalue weighted by atomic mass is 10.0. The van der Waals surface area contributed by atoms with Crippen molar-refractivity contribution >= 4 is 39.6 Å².